The summed E-state index contributed by atoms with van der Waals surface area (Å²) in [7, 11) is 0. The Morgan fingerprint density at radius 2 is 1.86 bits per heavy atom. The molecule has 1 aliphatic heterocycles. The smallest absolute Gasteiger partial charge is 0.223 e. The van der Waals surface area contributed by atoms with E-state index in [0.717, 1.165) is 26.2 Å². The SMILES string of the molecule is CC1CN(C(=O)CC(C)(C)C)CCN1Cc1ccccc1. The van der Waals surface area contributed by atoms with Gasteiger partial charge in [-0.2, -0.15) is 0 Å². The highest BCUT2D eigenvalue weighted by Crippen LogP contribution is 2.21. The Balaban J connectivity index is 1.89. The van der Waals surface area contributed by atoms with Gasteiger partial charge in [-0.1, -0.05) is 51.1 Å². The lowest BCUT2D eigenvalue weighted by atomic mass is 9.91. The number of carbonyl (C=O) groups is 1. The van der Waals surface area contributed by atoms with Crippen LogP contribution in [0.5, 0.6) is 0 Å². The second-order valence-electron chi connectivity index (χ2n) is 7.38. The first-order valence-corrected chi connectivity index (χ1v) is 7.91. The van der Waals surface area contributed by atoms with Gasteiger partial charge in [-0.25, -0.2) is 0 Å². The van der Waals surface area contributed by atoms with Crippen LogP contribution in [0.1, 0.15) is 39.7 Å². The van der Waals surface area contributed by atoms with Gasteiger partial charge in [0.2, 0.25) is 5.91 Å². The van der Waals surface area contributed by atoms with Gasteiger partial charge in [0.1, 0.15) is 0 Å². The van der Waals surface area contributed by atoms with E-state index in [0.29, 0.717) is 18.4 Å². The van der Waals surface area contributed by atoms with E-state index in [2.05, 4.69) is 62.9 Å². The number of carbonyl (C=O) groups excluding carboxylic acids is 1. The molecule has 2 rings (SSSR count). The molecule has 1 saturated heterocycles. The third-order valence-corrected chi connectivity index (χ3v) is 4.03. The maximum Gasteiger partial charge on any atom is 0.223 e. The van der Waals surface area contributed by atoms with Crippen LogP contribution < -0.4 is 0 Å². The molecule has 1 heterocycles. The van der Waals surface area contributed by atoms with Gasteiger partial charge in [-0.3, -0.25) is 9.69 Å². The van der Waals surface area contributed by atoms with Gasteiger partial charge < -0.3 is 4.90 Å². The topological polar surface area (TPSA) is 23.6 Å². The average Bonchev–Trinajstić information content (AvgIpc) is 2.40. The van der Waals surface area contributed by atoms with Crippen molar-refractivity contribution in [2.75, 3.05) is 19.6 Å². The van der Waals surface area contributed by atoms with Gasteiger partial charge in [-0.15, -0.1) is 0 Å². The monoisotopic (exact) mass is 288 g/mol. The highest BCUT2D eigenvalue weighted by atomic mass is 16.2. The highest BCUT2D eigenvalue weighted by molar-refractivity contribution is 5.77. The van der Waals surface area contributed by atoms with Crippen molar-refractivity contribution in [1.29, 1.82) is 0 Å². The van der Waals surface area contributed by atoms with E-state index in [1.54, 1.807) is 0 Å². The molecule has 1 amide bonds. The first-order chi connectivity index (χ1) is 9.85. The molecule has 0 radical (unpaired) electrons. The van der Waals surface area contributed by atoms with Crippen molar-refractivity contribution >= 4 is 5.91 Å². The molecule has 0 aromatic heterocycles. The molecule has 0 aliphatic carbocycles. The van der Waals surface area contributed by atoms with Crippen molar-refractivity contribution in [3.05, 3.63) is 35.9 Å². The normalized spacial score (nSPS) is 20.6. The second kappa shape index (κ2) is 6.61. The minimum Gasteiger partial charge on any atom is -0.340 e. The summed E-state index contributed by atoms with van der Waals surface area (Å²) in [5.41, 5.74) is 1.42. The summed E-state index contributed by atoms with van der Waals surface area (Å²) in [6.07, 6.45) is 0.637. The van der Waals surface area contributed by atoms with Gasteiger partial charge in [0.05, 0.1) is 0 Å². The molecule has 3 heteroatoms. The van der Waals surface area contributed by atoms with Gasteiger partial charge >= 0.3 is 0 Å². The summed E-state index contributed by atoms with van der Waals surface area (Å²) in [6, 6.07) is 11.0. The molecule has 21 heavy (non-hydrogen) atoms. The van der Waals surface area contributed by atoms with Crippen molar-refractivity contribution < 1.29 is 4.79 Å². The minimum absolute atomic E-state index is 0.0709. The average molecular weight is 288 g/mol. The van der Waals surface area contributed by atoms with E-state index in [-0.39, 0.29) is 5.41 Å². The molecule has 116 valence electrons. The van der Waals surface area contributed by atoms with Crippen LogP contribution in [-0.4, -0.2) is 41.4 Å². The summed E-state index contributed by atoms with van der Waals surface area (Å²) < 4.78 is 0. The molecule has 0 bridgehead atoms. The van der Waals surface area contributed by atoms with Crippen LogP contribution in [0, 0.1) is 5.41 Å². The molecule has 3 nitrogen and oxygen atoms in total. The third kappa shape index (κ3) is 4.85. The number of benzene rings is 1. The summed E-state index contributed by atoms with van der Waals surface area (Å²) in [5, 5.41) is 0. The molecule has 1 aromatic rings. The predicted octanol–water partition coefficient (Wildman–Crippen LogP) is 3.16. The number of amides is 1. The van der Waals surface area contributed by atoms with Crippen LogP contribution >= 0.6 is 0 Å². The lowest BCUT2D eigenvalue weighted by Gasteiger charge is -2.40. The van der Waals surface area contributed by atoms with Crippen LogP contribution in [0.3, 0.4) is 0 Å². The van der Waals surface area contributed by atoms with Gasteiger partial charge in [0.15, 0.2) is 0 Å². The summed E-state index contributed by atoms with van der Waals surface area (Å²) in [5.74, 6) is 0.300. The van der Waals surface area contributed by atoms with Gasteiger partial charge in [-0.05, 0) is 17.9 Å². The van der Waals surface area contributed by atoms with Crippen LogP contribution in [0.4, 0.5) is 0 Å². The Morgan fingerprint density at radius 1 is 1.19 bits per heavy atom. The van der Waals surface area contributed by atoms with Crippen molar-refractivity contribution in [2.24, 2.45) is 5.41 Å². The van der Waals surface area contributed by atoms with Crippen LogP contribution in [0.15, 0.2) is 30.3 Å². The number of hydrogen-bond acceptors (Lipinski definition) is 2. The molecule has 1 unspecified atom stereocenters. The molecular weight excluding hydrogens is 260 g/mol. The first kappa shape index (κ1) is 16.0. The molecule has 1 atom stereocenters. The molecule has 1 aromatic carbocycles. The zero-order chi connectivity index (χ0) is 15.5. The van der Waals surface area contributed by atoms with Crippen molar-refractivity contribution in [3.63, 3.8) is 0 Å². The van der Waals surface area contributed by atoms with Crippen LogP contribution in [-0.2, 0) is 11.3 Å². The lowest BCUT2D eigenvalue weighted by Crippen LogP contribution is -2.53. The fraction of sp³-hybridized carbons (Fsp3) is 0.611. The highest BCUT2D eigenvalue weighted by Gasteiger charge is 2.28. The Hall–Kier alpha value is -1.35. The summed E-state index contributed by atoms with van der Waals surface area (Å²) in [4.78, 5) is 16.8. The van der Waals surface area contributed by atoms with Gasteiger partial charge in [0.25, 0.3) is 0 Å². The minimum atomic E-state index is 0.0709. The van der Waals surface area contributed by atoms with E-state index in [9.17, 15) is 4.79 Å². The molecule has 0 saturated carbocycles. The standard InChI is InChI=1S/C18H28N2O/c1-15-13-20(17(21)12-18(2,3)4)11-10-19(15)14-16-8-6-5-7-9-16/h5-9,15H,10-14H2,1-4H3. The van der Waals surface area contributed by atoms with Crippen LogP contribution in [0.2, 0.25) is 0 Å². The second-order valence-corrected chi connectivity index (χ2v) is 7.38. The fourth-order valence-corrected chi connectivity index (χ4v) is 2.84. The van der Waals surface area contributed by atoms with E-state index in [1.807, 2.05) is 4.90 Å². The Kier molecular flexibility index (Phi) is 5.04. The zero-order valence-electron chi connectivity index (χ0n) is 13.8. The van der Waals surface area contributed by atoms with E-state index in [4.69, 9.17) is 0 Å². The van der Waals surface area contributed by atoms with E-state index < -0.39 is 0 Å². The molecular formula is C18H28N2O. The fourth-order valence-electron chi connectivity index (χ4n) is 2.84. The van der Waals surface area contributed by atoms with Gasteiger partial charge in [0, 0.05) is 38.6 Å². The quantitative estimate of drug-likeness (QED) is 0.853. The third-order valence-electron chi connectivity index (χ3n) is 4.03. The number of piperazine rings is 1. The Bertz CT molecular complexity index is 464. The first-order valence-electron chi connectivity index (χ1n) is 7.91. The van der Waals surface area contributed by atoms with Crippen molar-refractivity contribution in [2.45, 2.75) is 46.7 Å². The molecule has 0 spiro atoms. The summed E-state index contributed by atoms with van der Waals surface area (Å²) >= 11 is 0. The molecule has 1 fully saturated rings. The maximum absolute atomic E-state index is 12.3. The van der Waals surface area contributed by atoms with Crippen molar-refractivity contribution in [1.82, 2.24) is 9.80 Å². The van der Waals surface area contributed by atoms with Crippen LogP contribution in [0.25, 0.3) is 0 Å². The number of rotatable bonds is 3. The Morgan fingerprint density at radius 3 is 2.43 bits per heavy atom. The zero-order valence-corrected chi connectivity index (χ0v) is 13.8. The summed E-state index contributed by atoms with van der Waals surface area (Å²) in [6.45, 7) is 12.2. The largest absolute Gasteiger partial charge is 0.340 e. The number of nitrogens with zero attached hydrogens (tertiary/aromatic N) is 2. The maximum atomic E-state index is 12.3. The van der Waals surface area contributed by atoms with E-state index >= 15 is 0 Å². The predicted molar refractivity (Wildman–Crippen MR) is 87.0 cm³/mol. The number of hydrogen-bond donors (Lipinski definition) is 0. The Labute approximate surface area is 128 Å². The van der Waals surface area contributed by atoms with E-state index in [1.165, 1.54) is 5.56 Å². The molecule has 0 N–H and O–H groups in total. The molecule has 1 aliphatic rings. The van der Waals surface area contributed by atoms with Crippen molar-refractivity contribution in [3.8, 4) is 0 Å². The lowest BCUT2D eigenvalue weighted by molar-refractivity contribution is -0.136.